The molecule has 0 aliphatic carbocycles. The third-order valence-corrected chi connectivity index (χ3v) is 3.95. The van der Waals surface area contributed by atoms with Crippen LogP contribution in [-0.2, 0) is 6.42 Å². The van der Waals surface area contributed by atoms with Gasteiger partial charge in [-0.3, -0.25) is 4.79 Å². The largest absolute Gasteiger partial charge is 0.334 e. The molecule has 0 saturated carbocycles. The normalized spacial score (nSPS) is 11.3. The number of nitrogens with zero attached hydrogens (tertiary/aromatic N) is 2. The number of benzene rings is 2. The summed E-state index contributed by atoms with van der Waals surface area (Å²) in [5, 5.41) is 0.905. The number of hydrogen-bond donors (Lipinski definition) is 1. The average Bonchev–Trinajstić information content (AvgIpc) is 2.52. The highest BCUT2D eigenvalue weighted by molar-refractivity contribution is 6.31. The van der Waals surface area contributed by atoms with Crippen LogP contribution in [0.25, 0.3) is 22.3 Å². The van der Waals surface area contributed by atoms with Gasteiger partial charge in [-0.2, -0.15) is 0 Å². The molecule has 2 aromatic carbocycles. The maximum absolute atomic E-state index is 12.4. The molecule has 118 valence electrons. The van der Waals surface area contributed by atoms with Gasteiger partial charge in [0.15, 0.2) is 5.82 Å². The van der Waals surface area contributed by atoms with Crippen molar-refractivity contribution >= 4 is 22.5 Å². The summed E-state index contributed by atoms with van der Waals surface area (Å²) in [4.78, 5) is 16.9. The van der Waals surface area contributed by atoms with E-state index in [0.717, 1.165) is 16.7 Å². The van der Waals surface area contributed by atoms with Gasteiger partial charge in [-0.05, 0) is 36.1 Å². The number of hydrogen-bond acceptors (Lipinski definition) is 3. The second-order valence-corrected chi connectivity index (χ2v) is 6.50. The summed E-state index contributed by atoms with van der Waals surface area (Å²) in [6.07, 6.45) is 1.01. The van der Waals surface area contributed by atoms with Crippen LogP contribution < -0.4 is 11.4 Å². The Morgan fingerprint density at radius 1 is 1.17 bits per heavy atom. The molecule has 0 aliphatic rings. The van der Waals surface area contributed by atoms with E-state index in [1.54, 1.807) is 18.2 Å². The maximum atomic E-state index is 12.4. The molecular weight excluding hydrogens is 310 g/mol. The maximum Gasteiger partial charge on any atom is 0.280 e. The summed E-state index contributed by atoms with van der Waals surface area (Å²) in [5.74, 6) is 6.99. The summed E-state index contributed by atoms with van der Waals surface area (Å²) in [6, 6.07) is 13.0. The number of aromatic nitrogens is 2. The summed E-state index contributed by atoms with van der Waals surface area (Å²) in [7, 11) is 0. The van der Waals surface area contributed by atoms with Crippen LogP contribution in [0.15, 0.2) is 47.3 Å². The second kappa shape index (κ2) is 6.05. The molecule has 5 heteroatoms. The lowest BCUT2D eigenvalue weighted by Crippen LogP contribution is -2.29. The van der Waals surface area contributed by atoms with Gasteiger partial charge in [0, 0.05) is 10.6 Å². The van der Waals surface area contributed by atoms with Crippen LogP contribution in [0.2, 0.25) is 5.02 Å². The van der Waals surface area contributed by atoms with Gasteiger partial charge in [0.2, 0.25) is 0 Å². The molecule has 3 rings (SSSR count). The van der Waals surface area contributed by atoms with Gasteiger partial charge in [0.25, 0.3) is 5.56 Å². The molecule has 0 amide bonds. The molecule has 4 nitrogen and oxygen atoms in total. The summed E-state index contributed by atoms with van der Waals surface area (Å²) < 4.78 is 1.08. The van der Waals surface area contributed by atoms with Crippen molar-refractivity contribution in [3.05, 3.63) is 63.4 Å². The van der Waals surface area contributed by atoms with E-state index in [9.17, 15) is 4.79 Å². The van der Waals surface area contributed by atoms with Gasteiger partial charge >= 0.3 is 0 Å². The van der Waals surface area contributed by atoms with Crippen LogP contribution in [-0.4, -0.2) is 9.66 Å². The van der Waals surface area contributed by atoms with Gasteiger partial charge in [0.05, 0.1) is 10.9 Å². The molecule has 0 aliphatic heterocycles. The number of nitrogen functional groups attached to an aromatic ring is 1. The minimum Gasteiger partial charge on any atom is -0.334 e. The molecule has 1 aromatic heterocycles. The molecule has 0 radical (unpaired) electrons. The van der Waals surface area contributed by atoms with Crippen LogP contribution >= 0.6 is 11.6 Å². The fourth-order valence-corrected chi connectivity index (χ4v) is 2.81. The van der Waals surface area contributed by atoms with Crippen molar-refractivity contribution in [2.24, 2.45) is 5.92 Å². The quantitative estimate of drug-likeness (QED) is 0.747. The SMILES string of the molecule is CC(C)Cc1ccc(-c2nc3ccc(Cl)cc3c(=O)n2N)cc1. The predicted octanol–water partition coefficient (Wildman–Crippen LogP) is 3.63. The first-order valence-corrected chi connectivity index (χ1v) is 7.90. The third-order valence-electron chi connectivity index (χ3n) is 3.72. The Morgan fingerprint density at radius 3 is 2.52 bits per heavy atom. The van der Waals surface area contributed by atoms with Gasteiger partial charge in [-0.15, -0.1) is 0 Å². The van der Waals surface area contributed by atoms with Crippen LogP contribution in [0.1, 0.15) is 19.4 Å². The minimum atomic E-state index is -0.307. The van der Waals surface area contributed by atoms with E-state index in [1.807, 2.05) is 24.3 Å². The zero-order valence-electron chi connectivity index (χ0n) is 13.1. The lowest BCUT2D eigenvalue weighted by Gasteiger charge is -2.10. The van der Waals surface area contributed by atoms with E-state index in [-0.39, 0.29) is 5.56 Å². The van der Waals surface area contributed by atoms with E-state index in [0.29, 0.717) is 27.7 Å². The lowest BCUT2D eigenvalue weighted by atomic mass is 10.0. The number of rotatable bonds is 3. The highest BCUT2D eigenvalue weighted by Crippen LogP contribution is 2.21. The first-order valence-electron chi connectivity index (χ1n) is 7.52. The molecule has 0 fully saturated rings. The van der Waals surface area contributed by atoms with Crippen LogP contribution in [0.5, 0.6) is 0 Å². The van der Waals surface area contributed by atoms with E-state index >= 15 is 0 Å². The smallest absolute Gasteiger partial charge is 0.280 e. The Bertz CT molecular complexity index is 914. The van der Waals surface area contributed by atoms with Crippen LogP contribution in [0, 0.1) is 5.92 Å². The van der Waals surface area contributed by atoms with Crippen molar-refractivity contribution < 1.29 is 0 Å². The van der Waals surface area contributed by atoms with Gasteiger partial charge in [-0.1, -0.05) is 49.7 Å². The first-order chi connectivity index (χ1) is 11.0. The van der Waals surface area contributed by atoms with Gasteiger partial charge in [0.1, 0.15) is 0 Å². The van der Waals surface area contributed by atoms with Gasteiger partial charge < -0.3 is 5.84 Å². The second-order valence-electron chi connectivity index (χ2n) is 6.07. The van der Waals surface area contributed by atoms with E-state index in [4.69, 9.17) is 17.4 Å². The topological polar surface area (TPSA) is 60.9 Å². The van der Waals surface area contributed by atoms with Crippen molar-refractivity contribution in [3.63, 3.8) is 0 Å². The summed E-state index contributed by atoms with van der Waals surface area (Å²) >= 11 is 5.94. The fraction of sp³-hybridized carbons (Fsp3) is 0.222. The molecule has 0 saturated heterocycles. The van der Waals surface area contributed by atoms with Crippen molar-refractivity contribution in [2.45, 2.75) is 20.3 Å². The van der Waals surface area contributed by atoms with Crippen molar-refractivity contribution in [3.8, 4) is 11.4 Å². The van der Waals surface area contributed by atoms with Crippen molar-refractivity contribution in [2.75, 3.05) is 5.84 Å². The van der Waals surface area contributed by atoms with Crippen LogP contribution in [0.3, 0.4) is 0 Å². The molecule has 23 heavy (non-hydrogen) atoms. The molecule has 2 N–H and O–H groups in total. The Labute approximate surface area is 139 Å². The average molecular weight is 328 g/mol. The van der Waals surface area contributed by atoms with Crippen LogP contribution in [0.4, 0.5) is 0 Å². The zero-order chi connectivity index (χ0) is 16.6. The molecule has 0 unspecified atom stereocenters. The summed E-state index contributed by atoms with van der Waals surface area (Å²) in [6.45, 7) is 4.36. The monoisotopic (exact) mass is 327 g/mol. The molecular formula is C18H18ClN3O. The first kappa shape index (κ1) is 15.6. The number of nitrogens with two attached hydrogens (primary N) is 1. The highest BCUT2D eigenvalue weighted by Gasteiger charge is 2.11. The summed E-state index contributed by atoms with van der Waals surface area (Å²) in [5.41, 5.74) is 2.34. The van der Waals surface area contributed by atoms with Crippen molar-refractivity contribution in [1.82, 2.24) is 9.66 Å². The van der Waals surface area contributed by atoms with E-state index in [1.165, 1.54) is 5.56 Å². The highest BCUT2D eigenvalue weighted by atomic mass is 35.5. The molecule has 1 heterocycles. The van der Waals surface area contributed by atoms with Gasteiger partial charge in [-0.25, -0.2) is 9.66 Å². The lowest BCUT2D eigenvalue weighted by molar-refractivity contribution is 0.647. The third kappa shape index (κ3) is 3.08. The standard InChI is InChI=1S/C18H18ClN3O/c1-11(2)9-12-3-5-13(6-4-12)17-21-16-8-7-14(19)10-15(16)18(23)22(17)20/h3-8,10-11H,9,20H2,1-2H3. The Balaban J connectivity index is 2.11. The zero-order valence-corrected chi connectivity index (χ0v) is 13.8. The van der Waals surface area contributed by atoms with Crippen molar-refractivity contribution in [1.29, 1.82) is 0 Å². The Kier molecular flexibility index (Phi) is 4.09. The molecule has 0 bridgehead atoms. The van der Waals surface area contributed by atoms with E-state index < -0.39 is 0 Å². The number of halogens is 1. The Hall–Kier alpha value is -2.33. The predicted molar refractivity (Wildman–Crippen MR) is 95.1 cm³/mol. The number of fused-ring (bicyclic) bond motifs is 1. The Morgan fingerprint density at radius 2 is 1.87 bits per heavy atom. The molecule has 0 atom stereocenters. The molecule has 0 spiro atoms. The van der Waals surface area contributed by atoms with E-state index in [2.05, 4.69) is 18.8 Å². The minimum absolute atomic E-state index is 0.307. The molecule has 3 aromatic rings. The fourth-order valence-electron chi connectivity index (χ4n) is 2.64.